The molecule has 7 nitrogen and oxygen atoms in total. The van der Waals surface area contributed by atoms with Crippen LogP contribution >= 0.6 is 24.0 Å². The lowest BCUT2D eigenvalue weighted by Crippen LogP contribution is -2.41. The van der Waals surface area contributed by atoms with E-state index in [9.17, 15) is 14.0 Å². The van der Waals surface area contributed by atoms with Gasteiger partial charge in [0, 0.05) is 29.2 Å². The number of amides is 2. The number of rotatable bonds is 9. The van der Waals surface area contributed by atoms with Gasteiger partial charge in [-0.25, -0.2) is 4.39 Å². The number of benzene rings is 5. The Labute approximate surface area is 283 Å². The Balaban J connectivity index is 0.00000433. The molecular formula is C37H34Cl2FN3O4. The third kappa shape index (κ3) is 7.58. The Morgan fingerprint density at radius 2 is 1.74 bits per heavy atom. The van der Waals surface area contributed by atoms with E-state index in [1.54, 1.807) is 42.3 Å². The van der Waals surface area contributed by atoms with E-state index in [-0.39, 0.29) is 37.8 Å². The van der Waals surface area contributed by atoms with Crippen molar-refractivity contribution in [1.29, 1.82) is 0 Å². The summed E-state index contributed by atoms with van der Waals surface area (Å²) in [6, 6.07) is 31.0. The fraction of sp³-hybridized carbons (Fsp3) is 0.189. The van der Waals surface area contributed by atoms with Crippen LogP contribution in [0, 0.1) is 5.82 Å². The maximum absolute atomic E-state index is 14.4. The molecule has 242 valence electrons. The molecule has 1 aliphatic rings. The van der Waals surface area contributed by atoms with Crippen molar-refractivity contribution in [2.45, 2.75) is 38.3 Å². The second-order valence-corrected chi connectivity index (χ2v) is 11.6. The van der Waals surface area contributed by atoms with Crippen LogP contribution in [0.3, 0.4) is 0 Å². The van der Waals surface area contributed by atoms with Crippen LogP contribution in [0.5, 0.6) is 5.75 Å². The van der Waals surface area contributed by atoms with Gasteiger partial charge in [0.1, 0.15) is 23.8 Å². The Morgan fingerprint density at radius 1 is 0.957 bits per heavy atom. The number of carbonyl (C=O) groups is 2. The van der Waals surface area contributed by atoms with E-state index in [2.05, 4.69) is 5.32 Å². The van der Waals surface area contributed by atoms with Crippen LogP contribution in [0.2, 0.25) is 5.02 Å². The Kier molecular flexibility index (Phi) is 10.8. The third-order valence-electron chi connectivity index (χ3n) is 8.15. The normalized spacial score (nSPS) is 15.8. The lowest BCUT2D eigenvalue weighted by atomic mass is 9.97. The van der Waals surface area contributed by atoms with E-state index in [0.29, 0.717) is 28.4 Å². The maximum atomic E-state index is 14.4. The van der Waals surface area contributed by atoms with Crippen molar-refractivity contribution >= 4 is 52.3 Å². The molecule has 5 aromatic rings. The number of hydrogen-bond acceptors (Lipinski definition) is 5. The van der Waals surface area contributed by atoms with Gasteiger partial charge in [-0.3, -0.25) is 9.59 Å². The molecule has 6 rings (SSSR count). The SMILES string of the molecule is COc1ccc2cc(CN3C(=O)C(CC(=O)NCc4ccccc4F)OC(c4cccc(CN)c4)c4cc(Cl)ccc43)ccc2c1.Cl. The largest absolute Gasteiger partial charge is 0.497 e. The number of nitrogens with zero attached hydrogens (tertiary/aromatic N) is 1. The third-order valence-corrected chi connectivity index (χ3v) is 8.39. The van der Waals surface area contributed by atoms with Crippen LogP contribution < -0.4 is 20.7 Å². The number of fused-ring (bicyclic) bond motifs is 2. The van der Waals surface area contributed by atoms with Crippen molar-refractivity contribution in [3.05, 3.63) is 142 Å². The summed E-state index contributed by atoms with van der Waals surface area (Å²) in [5.74, 6) is -0.486. The quantitative estimate of drug-likeness (QED) is 0.172. The van der Waals surface area contributed by atoms with Gasteiger partial charge in [0.25, 0.3) is 5.91 Å². The number of hydrogen-bond donors (Lipinski definition) is 2. The van der Waals surface area contributed by atoms with Gasteiger partial charge >= 0.3 is 0 Å². The number of nitrogens with two attached hydrogens (primary N) is 1. The van der Waals surface area contributed by atoms with E-state index in [1.807, 2.05) is 66.7 Å². The molecule has 2 amide bonds. The number of ether oxygens (including phenoxy) is 2. The zero-order valence-corrected chi connectivity index (χ0v) is 27.2. The van der Waals surface area contributed by atoms with Crippen LogP contribution in [0.4, 0.5) is 10.1 Å². The number of methoxy groups -OCH3 is 1. The fourth-order valence-electron chi connectivity index (χ4n) is 5.77. The molecule has 0 bridgehead atoms. The summed E-state index contributed by atoms with van der Waals surface area (Å²) in [6.45, 7) is 0.529. The monoisotopic (exact) mass is 673 g/mol. The maximum Gasteiger partial charge on any atom is 0.257 e. The molecule has 0 spiro atoms. The average molecular weight is 675 g/mol. The molecule has 1 aliphatic heterocycles. The zero-order chi connectivity index (χ0) is 32.2. The first-order chi connectivity index (χ1) is 22.3. The zero-order valence-electron chi connectivity index (χ0n) is 25.6. The number of anilines is 1. The molecule has 0 radical (unpaired) electrons. The van der Waals surface area contributed by atoms with Gasteiger partial charge in [-0.1, -0.05) is 72.3 Å². The number of carbonyl (C=O) groups excluding carboxylic acids is 2. The minimum Gasteiger partial charge on any atom is -0.497 e. The number of nitrogens with one attached hydrogen (secondary N) is 1. The van der Waals surface area contributed by atoms with Gasteiger partial charge in [0.05, 0.1) is 25.8 Å². The van der Waals surface area contributed by atoms with Gasteiger partial charge in [-0.2, -0.15) is 0 Å². The van der Waals surface area contributed by atoms with Crippen molar-refractivity contribution in [3.63, 3.8) is 0 Å². The lowest BCUT2D eigenvalue weighted by Gasteiger charge is -2.25. The molecule has 47 heavy (non-hydrogen) atoms. The summed E-state index contributed by atoms with van der Waals surface area (Å²) < 4.78 is 26.2. The molecule has 1 heterocycles. The van der Waals surface area contributed by atoms with Gasteiger partial charge in [-0.05, 0) is 69.9 Å². The van der Waals surface area contributed by atoms with Crippen LogP contribution in [0.15, 0.2) is 103 Å². The van der Waals surface area contributed by atoms with Gasteiger partial charge in [0.2, 0.25) is 5.91 Å². The molecule has 2 unspecified atom stereocenters. The molecule has 0 saturated carbocycles. The van der Waals surface area contributed by atoms with E-state index in [1.165, 1.54) is 6.07 Å². The molecule has 0 aliphatic carbocycles. The summed E-state index contributed by atoms with van der Waals surface area (Å²) in [6.07, 6.45) is -2.14. The summed E-state index contributed by atoms with van der Waals surface area (Å²) in [7, 11) is 1.63. The van der Waals surface area contributed by atoms with Crippen LogP contribution in [-0.2, 0) is 34.0 Å². The molecule has 3 N–H and O–H groups in total. The summed E-state index contributed by atoms with van der Waals surface area (Å²) in [4.78, 5) is 29.3. The molecule has 0 fully saturated rings. The second-order valence-electron chi connectivity index (χ2n) is 11.2. The Hall–Kier alpha value is -4.47. The highest BCUT2D eigenvalue weighted by atomic mass is 35.5. The van der Waals surface area contributed by atoms with Crippen molar-refractivity contribution < 1.29 is 23.5 Å². The molecule has 5 aromatic carbocycles. The van der Waals surface area contributed by atoms with Crippen LogP contribution in [0.1, 0.15) is 40.3 Å². The van der Waals surface area contributed by atoms with E-state index in [0.717, 1.165) is 33.2 Å². The molecule has 10 heteroatoms. The highest BCUT2D eigenvalue weighted by Gasteiger charge is 2.38. The molecule has 0 saturated heterocycles. The first-order valence-electron chi connectivity index (χ1n) is 14.9. The smallest absolute Gasteiger partial charge is 0.257 e. The fourth-order valence-corrected chi connectivity index (χ4v) is 5.95. The highest BCUT2D eigenvalue weighted by molar-refractivity contribution is 6.30. The standard InChI is InChI=1S/C37H33ClFN3O4.ClH/c1-45-30-13-11-25-16-24(9-10-26(25)17-30)22-42-33-14-12-29(38)18-31(33)36(27-7-4-5-23(15-27)20-40)46-34(37(42)44)19-35(43)41-21-28-6-2-3-8-32(28)39;/h2-18,34,36H,19-22,40H2,1H3,(H,41,43);1H. The van der Waals surface area contributed by atoms with Gasteiger partial charge in [0.15, 0.2) is 0 Å². The minimum atomic E-state index is -1.15. The van der Waals surface area contributed by atoms with Crippen LogP contribution in [0.25, 0.3) is 10.8 Å². The van der Waals surface area contributed by atoms with Gasteiger partial charge in [-0.15, -0.1) is 12.4 Å². The van der Waals surface area contributed by atoms with Crippen molar-refractivity contribution in [1.82, 2.24) is 5.32 Å². The van der Waals surface area contributed by atoms with E-state index < -0.39 is 23.9 Å². The van der Waals surface area contributed by atoms with Gasteiger partial charge < -0.3 is 25.4 Å². The van der Waals surface area contributed by atoms with Crippen molar-refractivity contribution in [2.24, 2.45) is 5.73 Å². The highest BCUT2D eigenvalue weighted by Crippen LogP contribution is 2.41. The Morgan fingerprint density at radius 3 is 2.53 bits per heavy atom. The first kappa shape index (κ1) is 33.9. The topological polar surface area (TPSA) is 93.9 Å². The Bertz CT molecular complexity index is 1920. The minimum absolute atomic E-state index is 0. The van der Waals surface area contributed by atoms with Crippen LogP contribution in [-0.4, -0.2) is 25.0 Å². The predicted molar refractivity (Wildman–Crippen MR) is 184 cm³/mol. The first-order valence-corrected chi connectivity index (χ1v) is 15.3. The average Bonchev–Trinajstić information content (AvgIpc) is 3.18. The summed E-state index contributed by atoms with van der Waals surface area (Å²) in [5.41, 5.74) is 10.2. The van der Waals surface area contributed by atoms with E-state index in [4.69, 9.17) is 26.8 Å². The summed E-state index contributed by atoms with van der Waals surface area (Å²) >= 11 is 6.52. The second kappa shape index (κ2) is 15.0. The summed E-state index contributed by atoms with van der Waals surface area (Å²) in [5, 5.41) is 5.23. The molecular weight excluding hydrogens is 640 g/mol. The molecule has 2 atom stereocenters. The number of halogens is 3. The van der Waals surface area contributed by atoms with Crippen molar-refractivity contribution in [2.75, 3.05) is 12.0 Å². The predicted octanol–water partition coefficient (Wildman–Crippen LogP) is 7.25. The van der Waals surface area contributed by atoms with E-state index >= 15 is 0 Å². The lowest BCUT2D eigenvalue weighted by molar-refractivity contribution is -0.138. The van der Waals surface area contributed by atoms with Crippen molar-refractivity contribution in [3.8, 4) is 5.75 Å². The molecule has 0 aromatic heterocycles.